The molecule has 0 radical (unpaired) electrons. The van der Waals surface area contributed by atoms with Gasteiger partial charge in [0.2, 0.25) is 0 Å². The number of nitrogens with two attached hydrogens (primary N) is 1. The third kappa shape index (κ3) is 4.27. The molecule has 96 valence electrons. The van der Waals surface area contributed by atoms with Gasteiger partial charge in [-0.15, -0.1) is 0 Å². The normalized spacial score (nSPS) is 12.8. The maximum absolute atomic E-state index is 5.75. The number of hydrogen-bond donors (Lipinski definition) is 2. The van der Waals surface area contributed by atoms with Crippen molar-refractivity contribution in [3.05, 3.63) is 23.8 Å². The molecule has 0 aliphatic heterocycles. The molecule has 0 aromatic heterocycles. The first kappa shape index (κ1) is 13.8. The van der Waals surface area contributed by atoms with Crippen molar-refractivity contribution in [3.8, 4) is 0 Å². The van der Waals surface area contributed by atoms with Crippen molar-refractivity contribution < 1.29 is 4.74 Å². The Bertz CT molecular complexity index is 350. The maximum atomic E-state index is 5.75. The van der Waals surface area contributed by atoms with Crippen LogP contribution in [-0.2, 0) is 4.74 Å². The van der Waals surface area contributed by atoms with Crippen molar-refractivity contribution in [2.24, 2.45) is 5.92 Å². The molecule has 0 aliphatic rings. The van der Waals surface area contributed by atoms with E-state index < -0.39 is 0 Å². The lowest BCUT2D eigenvalue weighted by Gasteiger charge is -2.24. The van der Waals surface area contributed by atoms with E-state index in [9.17, 15) is 0 Å². The highest BCUT2D eigenvalue weighted by Gasteiger charge is 2.14. The Morgan fingerprint density at radius 1 is 1.35 bits per heavy atom. The van der Waals surface area contributed by atoms with Crippen LogP contribution >= 0.6 is 0 Å². The number of benzene rings is 1. The largest absolute Gasteiger partial charge is 0.399 e. The number of hydrogen-bond acceptors (Lipinski definition) is 3. The summed E-state index contributed by atoms with van der Waals surface area (Å²) in [5.74, 6) is 0.526. The third-order valence-electron chi connectivity index (χ3n) is 2.90. The van der Waals surface area contributed by atoms with Crippen molar-refractivity contribution in [1.29, 1.82) is 0 Å². The average Bonchev–Trinajstić information content (AvgIpc) is 2.26. The molecule has 3 heteroatoms. The van der Waals surface area contributed by atoms with Gasteiger partial charge in [0.25, 0.3) is 0 Å². The molecule has 1 unspecified atom stereocenters. The van der Waals surface area contributed by atoms with Crippen LogP contribution in [0.1, 0.15) is 26.3 Å². The Hall–Kier alpha value is -1.22. The van der Waals surface area contributed by atoms with Gasteiger partial charge in [-0.3, -0.25) is 0 Å². The van der Waals surface area contributed by atoms with E-state index in [0.29, 0.717) is 12.0 Å². The molecule has 0 saturated heterocycles. The van der Waals surface area contributed by atoms with E-state index in [2.05, 4.69) is 26.1 Å². The van der Waals surface area contributed by atoms with E-state index >= 15 is 0 Å². The number of ether oxygens (including phenoxy) is 1. The lowest BCUT2D eigenvalue weighted by atomic mass is 10.0. The summed E-state index contributed by atoms with van der Waals surface area (Å²) in [5.41, 5.74) is 8.86. The molecule has 0 saturated carbocycles. The first-order valence-corrected chi connectivity index (χ1v) is 6.25. The summed E-state index contributed by atoms with van der Waals surface area (Å²) in [5, 5.41) is 3.53. The summed E-state index contributed by atoms with van der Waals surface area (Å²) in [7, 11) is 0. The fourth-order valence-corrected chi connectivity index (χ4v) is 1.69. The van der Waals surface area contributed by atoms with Crippen LogP contribution in [0.15, 0.2) is 18.2 Å². The highest BCUT2D eigenvalue weighted by Crippen LogP contribution is 2.20. The number of rotatable bonds is 6. The summed E-state index contributed by atoms with van der Waals surface area (Å²) in [6, 6.07) is 6.28. The predicted molar refractivity (Wildman–Crippen MR) is 74.3 cm³/mol. The van der Waals surface area contributed by atoms with Gasteiger partial charge >= 0.3 is 0 Å². The van der Waals surface area contributed by atoms with Crippen LogP contribution in [0.4, 0.5) is 11.4 Å². The average molecular weight is 236 g/mol. The zero-order chi connectivity index (χ0) is 12.8. The van der Waals surface area contributed by atoms with Gasteiger partial charge in [0.1, 0.15) is 0 Å². The molecular weight excluding hydrogens is 212 g/mol. The topological polar surface area (TPSA) is 47.3 Å². The van der Waals surface area contributed by atoms with Crippen LogP contribution in [0.5, 0.6) is 0 Å². The zero-order valence-electron chi connectivity index (χ0n) is 11.3. The van der Waals surface area contributed by atoms with Crippen molar-refractivity contribution in [2.75, 3.05) is 24.3 Å². The molecule has 1 atom stereocenters. The Morgan fingerprint density at radius 2 is 2.06 bits per heavy atom. The maximum Gasteiger partial charge on any atom is 0.0670 e. The van der Waals surface area contributed by atoms with E-state index in [1.807, 2.05) is 25.1 Å². The minimum Gasteiger partial charge on any atom is -0.399 e. The fourth-order valence-electron chi connectivity index (χ4n) is 1.69. The van der Waals surface area contributed by atoms with Gasteiger partial charge in [0.05, 0.1) is 12.6 Å². The summed E-state index contributed by atoms with van der Waals surface area (Å²) in [6.07, 6.45) is 0. The van der Waals surface area contributed by atoms with Gasteiger partial charge < -0.3 is 15.8 Å². The van der Waals surface area contributed by atoms with E-state index in [4.69, 9.17) is 10.5 Å². The van der Waals surface area contributed by atoms with E-state index in [-0.39, 0.29) is 0 Å². The van der Waals surface area contributed by atoms with Crippen molar-refractivity contribution in [1.82, 2.24) is 0 Å². The third-order valence-corrected chi connectivity index (χ3v) is 2.90. The monoisotopic (exact) mass is 236 g/mol. The number of nitrogen functional groups attached to an aromatic ring is 1. The van der Waals surface area contributed by atoms with E-state index in [1.165, 1.54) is 5.56 Å². The van der Waals surface area contributed by atoms with Gasteiger partial charge in [-0.05, 0) is 43.5 Å². The summed E-state index contributed by atoms with van der Waals surface area (Å²) in [4.78, 5) is 0. The molecule has 3 N–H and O–H groups in total. The van der Waals surface area contributed by atoms with Gasteiger partial charge in [0.15, 0.2) is 0 Å². The number of nitrogens with one attached hydrogen (secondary N) is 1. The first-order valence-electron chi connectivity index (χ1n) is 6.25. The van der Waals surface area contributed by atoms with E-state index in [1.54, 1.807) is 0 Å². The Morgan fingerprint density at radius 3 is 2.59 bits per heavy atom. The van der Waals surface area contributed by atoms with Crippen LogP contribution in [0.3, 0.4) is 0 Å². The summed E-state index contributed by atoms with van der Waals surface area (Å²) < 4.78 is 5.51. The minimum absolute atomic E-state index is 0.331. The van der Waals surface area contributed by atoms with E-state index in [0.717, 1.165) is 24.6 Å². The van der Waals surface area contributed by atoms with Gasteiger partial charge in [-0.2, -0.15) is 0 Å². The molecule has 0 aliphatic carbocycles. The van der Waals surface area contributed by atoms with Crippen LogP contribution in [0.2, 0.25) is 0 Å². The molecule has 0 bridgehead atoms. The molecule has 0 fully saturated rings. The number of aryl methyl sites for hydroxylation is 1. The van der Waals surface area contributed by atoms with Crippen molar-refractivity contribution in [2.45, 2.75) is 33.7 Å². The molecule has 1 rings (SSSR count). The predicted octanol–water partition coefficient (Wildman–Crippen LogP) is 3.05. The molecule has 1 aromatic carbocycles. The summed E-state index contributed by atoms with van der Waals surface area (Å²) in [6.45, 7) is 9.97. The Balaban J connectivity index is 2.71. The quantitative estimate of drug-likeness (QED) is 0.746. The van der Waals surface area contributed by atoms with Gasteiger partial charge in [-0.25, -0.2) is 0 Å². The first-order chi connectivity index (χ1) is 8.04. The SMILES string of the molecule is CCOCC(Nc1ccc(N)cc1C)C(C)C. The van der Waals surface area contributed by atoms with Crippen LogP contribution in [0.25, 0.3) is 0 Å². The minimum atomic E-state index is 0.331. The standard InChI is InChI=1S/C14H24N2O/c1-5-17-9-14(10(2)3)16-13-7-6-12(15)8-11(13)4/h6-8,10,14,16H,5,9,15H2,1-4H3. The fraction of sp³-hybridized carbons (Fsp3) is 0.571. The number of anilines is 2. The van der Waals surface area contributed by atoms with Crippen LogP contribution in [0, 0.1) is 12.8 Å². The lowest BCUT2D eigenvalue weighted by molar-refractivity contribution is 0.127. The molecule has 3 nitrogen and oxygen atoms in total. The second-order valence-corrected chi connectivity index (χ2v) is 4.73. The van der Waals surface area contributed by atoms with Gasteiger partial charge in [0, 0.05) is 18.0 Å². The molecule has 0 amide bonds. The zero-order valence-corrected chi connectivity index (χ0v) is 11.3. The van der Waals surface area contributed by atoms with Crippen molar-refractivity contribution >= 4 is 11.4 Å². The highest BCUT2D eigenvalue weighted by atomic mass is 16.5. The van der Waals surface area contributed by atoms with Gasteiger partial charge in [-0.1, -0.05) is 13.8 Å². The molecule has 1 aromatic rings. The highest BCUT2D eigenvalue weighted by molar-refractivity contribution is 5.57. The van der Waals surface area contributed by atoms with Crippen molar-refractivity contribution in [3.63, 3.8) is 0 Å². The molecule has 17 heavy (non-hydrogen) atoms. The Kier molecular flexibility index (Phi) is 5.29. The molecule has 0 spiro atoms. The summed E-state index contributed by atoms with van der Waals surface area (Å²) >= 11 is 0. The lowest BCUT2D eigenvalue weighted by Crippen LogP contribution is -2.31. The molecular formula is C14H24N2O. The second-order valence-electron chi connectivity index (χ2n) is 4.73. The Labute approximate surface area is 104 Å². The second kappa shape index (κ2) is 6.50. The van der Waals surface area contributed by atoms with Crippen LogP contribution < -0.4 is 11.1 Å². The van der Waals surface area contributed by atoms with Crippen LogP contribution in [-0.4, -0.2) is 19.3 Å². The smallest absolute Gasteiger partial charge is 0.0670 e. The molecule has 0 heterocycles.